The first-order chi connectivity index (χ1) is 12.6. The summed E-state index contributed by atoms with van der Waals surface area (Å²) in [4.78, 5) is 20.4. The zero-order chi connectivity index (χ0) is 18.8. The molecule has 0 saturated carbocycles. The number of hydrogen-bond acceptors (Lipinski definition) is 4. The highest BCUT2D eigenvalue weighted by atomic mass is 127. The number of amides is 1. The molecule has 2 saturated heterocycles. The van der Waals surface area contributed by atoms with Gasteiger partial charge in [-0.25, -0.2) is 4.99 Å². The molecule has 2 aliphatic rings. The summed E-state index contributed by atoms with van der Waals surface area (Å²) in [5, 5.41) is 6.77. The largest absolute Gasteiger partial charge is 0.381 e. The molecule has 0 bridgehead atoms. The second-order valence-corrected chi connectivity index (χ2v) is 7.72. The molecule has 2 rings (SSSR count). The van der Waals surface area contributed by atoms with Crippen molar-refractivity contribution in [3.8, 4) is 0 Å². The van der Waals surface area contributed by atoms with Gasteiger partial charge in [0.2, 0.25) is 5.91 Å². The monoisotopic (exact) mass is 495 g/mol. The Bertz CT molecular complexity index is 455. The first kappa shape index (κ1) is 24.4. The summed E-state index contributed by atoms with van der Waals surface area (Å²) in [6, 6.07) is 0.704. The van der Waals surface area contributed by atoms with E-state index >= 15 is 0 Å². The topological polar surface area (TPSA) is 69.2 Å². The number of guanidine groups is 1. The fourth-order valence-electron chi connectivity index (χ4n) is 3.43. The van der Waals surface area contributed by atoms with Crippen LogP contribution in [0.3, 0.4) is 0 Å². The molecule has 8 heteroatoms. The number of aliphatic imine (C=N–C) groups is 1. The van der Waals surface area contributed by atoms with Crippen molar-refractivity contribution >= 4 is 35.8 Å². The third-order valence-corrected chi connectivity index (χ3v) is 5.31. The number of carbonyl (C=O) groups excluding carboxylic acids is 1. The van der Waals surface area contributed by atoms with E-state index in [2.05, 4.69) is 27.4 Å². The van der Waals surface area contributed by atoms with Crippen LogP contribution < -0.4 is 10.6 Å². The highest BCUT2D eigenvalue weighted by molar-refractivity contribution is 14.0. The predicted octanol–water partition coefficient (Wildman–Crippen LogP) is 1.53. The lowest BCUT2D eigenvalue weighted by molar-refractivity contribution is -0.127. The molecule has 0 aromatic carbocycles. The Morgan fingerprint density at radius 2 is 2.07 bits per heavy atom. The highest BCUT2D eigenvalue weighted by Gasteiger charge is 2.18. The van der Waals surface area contributed by atoms with Crippen molar-refractivity contribution in [3.05, 3.63) is 0 Å². The van der Waals surface area contributed by atoms with Crippen LogP contribution in [0, 0.1) is 5.92 Å². The minimum atomic E-state index is 0. The lowest BCUT2D eigenvalue weighted by Crippen LogP contribution is -2.43. The van der Waals surface area contributed by atoms with Crippen LogP contribution in [0.1, 0.15) is 39.0 Å². The summed E-state index contributed by atoms with van der Waals surface area (Å²) in [7, 11) is 3.52. The van der Waals surface area contributed by atoms with Crippen molar-refractivity contribution < 1.29 is 9.53 Å². The molecule has 2 atom stereocenters. The molecule has 7 nitrogen and oxygen atoms in total. The van der Waals surface area contributed by atoms with Crippen LogP contribution in [0.25, 0.3) is 0 Å². The molecule has 0 aromatic rings. The van der Waals surface area contributed by atoms with Crippen molar-refractivity contribution in [2.75, 3.05) is 60.0 Å². The second kappa shape index (κ2) is 13.5. The van der Waals surface area contributed by atoms with Crippen LogP contribution >= 0.6 is 24.0 Å². The number of nitrogens with zero attached hydrogens (tertiary/aromatic N) is 3. The SMILES string of the molecule is CC1CCCCN1CCCNC(=NCC(=O)N(C)C)NCC1CCOC1.I. The Hall–Kier alpha value is -0.610. The summed E-state index contributed by atoms with van der Waals surface area (Å²) >= 11 is 0. The van der Waals surface area contributed by atoms with Crippen LogP contribution in [0.4, 0.5) is 0 Å². The highest BCUT2D eigenvalue weighted by Crippen LogP contribution is 2.16. The van der Waals surface area contributed by atoms with E-state index in [0.29, 0.717) is 12.0 Å². The van der Waals surface area contributed by atoms with Crippen LogP contribution in [-0.4, -0.2) is 87.7 Å². The normalized spacial score (nSPS) is 23.6. The van der Waals surface area contributed by atoms with E-state index in [1.165, 1.54) is 25.8 Å². The number of likely N-dealkylation sites (tertiary alicyclic amines) is 1. The van der Waals surface area contributed by atoms with Crippen molar-refractivity contribution in [1.29, 1.82) is 0 Å². The van der Waals surface area contributed by atoms with E-state index in [4.69, 9.17) is 4.74 Å². The van der Waals surface area contributed by atoms with Gasteiger partial charge in [0.05, 0.1) is 6.61 Å². The minimum Gasteiger partial charge on any atom is -0.381 e. The van der Waals surface area contributed by atoms with Crippen molar-refractivity contribution in [3.63, 3.8) is 0 Å². The number of piperidine rings is 1. The van der Waals surface area contributed by atoms with Gasteiger partial charge in [-0.05, 0) is 39.2 Å². The molecule has 158 valence electrons. The van der Waals surface area contributed by atoms with E-state index in [9.17, 15) is 4.79 Å². The lowest BCUT2D eigenvalue weighted by Gasteiger charge is -2.33. The van der Waals surface area contributed by atoms with Gasteiger partial charge < -0.3 is 25.2 Å². The first-order valence-corrected chi connectivity index (χ1v) is 10.1. The third-order valence-electron chi connectivity index (χ3n) is 5.31. The molecule has 2 heterocycles. The number of ether oxygens (including phenoxy) is 1. The second-order valence-electron chi connectivity index (χ2n) is 7.72. The molecule has 2 aliphatic heterocycles. The number of nitrogens with one attached hydrogen (secondary N) is 2. The lowest BCUT2D eigenvalue weighted by atomic mass is 10.0. The van der Waals surface area contributed by atoms with Crippen LogP contribution in [0.5, 0.6) is 0 Å². The Morgan fingerprint density at radius 1 is 1.26 bits per heavy atom. The number of carbonyl (C=O) groups is 1. The number of hydrogen-bond donors (Lipinski definition) is 2. The van der Waals surface area contributed by atoms with Gasteiger partial charge in [0.15, 0.2) is 5.96 Å². The fourth-order valence-corrected chi connectivity index (χ4v) is 3.43. The molecule has 0 radical (unpaired) electrons. The van der Waals surface area contributed by atoms with Crippen molar-refractivity contribution in [2.24, 2.45) is 10.9 Å². The molecular formula is C19H38IN5O2. The van der Waals surface area contributed by atoms with Crippen molar-refractivity contribution in [1.82, 2.24) is 20.4 Å². The van der Waals surface area contributed by atoms with Gasteiger partial charge in [-0.3, -0.25) is 4.79 Å². The van der Waals surface area contributed by atoms with Crippen LogP contribution in [0.2, 0.25) is 0 Å². The number of likely N-dealkylation sites (N-methyl/N-ethyl adjacent to an activating group) is 1. The Morgan fingerprint density at radius 3 is 2.74 bits per heavy atom. The van der Waals surface area contributed by atoms with E-state index in [-0.39, 0.29) is 36.4 Å². The number of halogens is 1. The van der Waals surface area contributed by atoms with Gasteiger partial charge in [-0.1, -0.05) is 6.42 Å². The van der Waals surface area contributed by atoms with Gasteiger partial charge in [0.25, 0.3) is 0 Å². The molecular weight excluding hydrogens is 457 g/mol. The fraction of sp³-hybridized carbons (Fsp3) is 0.895. The molecule has 0 aromatic heterocycles. The van der Waals surface area contributed by atoms with E-state index < -0.39 is 0 Å². The van der Waals surface area contributed by atoms with E-state index in [0.717, 1.165) is 51.6 Å². The summed E-state index contributed by atoms with van der Waals surface area (Å²) in [6.45, 7) is 8.21. The smallest absolute Gasteiger partial charge is 0.243 e. The zero-order valence-electron chi connectivity index (χ0n) is 17.2. The van der Waals surface area contributed by atoms with Gasteiger partial charge >= 0.3 is 0 Å². The molecule has 0 aliphatic carbocycles. The summed E-state index contributed by atoms with van der Waals surface area (Å²) < 4.78 is 5.43. The summed E-state index contributed by atoms with van der Waals surface area (Å²) in [6.07, 6.45) is 6.17. The molecule has 1 amide bonds. The maximum atomic E-state index is 11.8. The molecule has 27 heavy (non-hydrogen) atoms. The van der Waals surface area contributed by atoms with Gasteiger partial charge in [0, 0.05) is 52.3 Å². The van der Waals surface area contributed by atoms with Gasteiger partial charge in [0.1, 0.15) is 6.54 Å². The van der Waals surface area contributed by atoms with E-state index in [1.54, 1.807) is 19.0 Å². The third kappa shape index (κ3) is 9.43. The summed E-state index contributed by atoms with van der Waals surface area (Å²) in [5.74, 6) is 1.27. The van der Waals surface area contributed by atoms with Gasteiger partial charge in [-0.15, -0.1) is 24.0 Å². The molecule has 0 spiro atoms. The average molecular weight is 495 g/mol. The molecule has 2 fully saturated rings. The molecule has 2 N–H and O–H groups in total. The Kier molecular flexibility index (Phi) is 12.3. The van der Waals surface area contributed by atoms with E-state index in [1.807, 2.05) is 0 Å². The maximum absolute atomic E-state index is 11.8. The minimum absolute atomic E-state index is 0. The number of rotatable bonds is 8. The molecule has 2 unspecified atom stereocenters. The Balaban J connectivity index is 0.00000364. The predicted molar refractivity (Wildman–Crippen MR) is 121 cm³/mol. The van der Waals surface area contributed by atoms with Crippen molar-refractivity contribution in [2.45, 2.75) is 45.1 Å². The Labute approximate surface area is 181 Å². The quantitative estimate of drug-likeness (QED) is 0.232. The van der Waals surface area contributed by atoms with Gasteiger partial charge in [-0.2, -0.15) is 0 Å². The van der Waals surface area contributed by atoms with Crippen LogP contribution in [-0.2, 0) is 9.53 Å². The standard InChI is InChI=1S/C19H37N5O2.HI/c1-16-7-4-5-10-24(16)11-6-9-20-19(22-14-18(25)23(2)3)21-13-17-8-12-26-15-17;/h16-17H,4-15H2,1-3H3,(H2,20,21,22);1H. The van der Waals surface area contributed by atoms with Crippen LogP contribution in [0.15, 0.2) is 4.99 Å². The average Bonchev–Trinajstić information content (AvgIpc) is 3.14. The first-order valence-electron chi connectivity index (χ1n) is 10.1. The summed E-state index contributed by atoms with van der Waals surface area (Å²) in [5.41, 5.74) is 0. The zero-order valence-corrected chi connectivity index (χ0v) is 19.5. The maximum Gasteiger partial charge on any atom is 0.243 e.